The number of aromatic amines is 1. The predicted octanol–water partition coefficient (Wildman–Crippen LogP) is 6.90. The topological polar surface area (TPSA) is 160 Å². The van der Waals surface area contributed by atoms with Crippen molar-refractivity contribution in [2.45, 2.75) is 33.3 Å². The summed E-state index contributed by atoms with van der Waals surface area (Å²) in [7, 11) is 0. The molecule has 6 aromatic rings. The number of H-pyrrole nitrogens is 1. The summed E-state index contributed by atoms with van der Waals surface area (Å²) in [6.07, 6.45) is -0.327. The summed E-state index contributed by atoms with van der Waals surface area (Å²) in [4.78, 5) is 26.7. The lowest BCUT2D eigenvalue weighted by Gasteiger charge is -2.19. The van der Waals surface area contributed by atoms with Crippen molar-refractivity contribution in [2.75, 3.05) is 10.0 Å². The molecule has 6 rings (SSSR count). The lowest BCUT2D eigenvalue weighted by atomic mass is 10.1. The lowest BCUT2D eigenvalue weighted by molar-refractivity contribution is -0.122. The number of esters is 1. The standard InChI is InChI=1S/C37H32N6O6S/c1-4-30(47-31-19-18-23(2)20-24(31)3)35(44)39-28-17-11-14-26(21-28)33-40-41-34-29(22-38)32(49-50(46)42-27-15-9-6-10-16-27)36(43(33)34)48-37(45)25-12-7-5-8-13-25/h5-21,30,41-42H,4H2,1-3H3,(H,39,44). The van der Waals surface area contributed by atoms with Crippen LogP contribution in [0.2, 0.25) is 0 Å². The van der Waals surface area contributed by atoms with Gasteiger partial charge in [0, 0.05) is 16.9 Å². The van der Waals surface area contributed by atoms with E-state index in [-0.39, 0.29) is 40.1 Å². The molecule has 0 saturated heterocycles. The van der Waals surface area contributed by atoms with Crippen molar-refractivity contribution >= 4 is 40.2 Å². The zero-order valence-electron chi connectivity index (χ0n) is 27.3. The van der Waals surface area contributed by atoms with Crippen LogP contribution >= 0.6 is 0 Å². The number of aryl methyl sites for hydroxylation is 2. The largest absolute Gasteiger partial charge is 0.480 e. The molecule has 1 amide bonds. The second-order valence-corrected chi connectivity index (χ2v) is 12.1. The number of hydrogen-bond donors (Lipinski definition) is 3. The Morgan fingerprint density at radius 3 is 2.38 bits per heavy atom. The summed E-state index contributed by atoms with van der Waals surface area (Å²) in [5.41, 5.74) is 3.73. The Hall–Kier alpha value is -6.39. The smallest absolute Gasteiger partial charge is 0.344 e. The molecule has 2 heterocycles. The highest BCUT2D eigenvalue weighted by molar-refractivity contribution is 7.82. The van der Waals surface area contributed by atoms with Crippen LogP contribution in [0.1, 0.15) is 40.4 Å². The molecule has 13 heteroatoms. The van der Waals surface area contributed by atoms with Gasteiger partial charge in [0.2, 0.25) is 5.75 Å². The molecule has 0 radical (unpaired) electrons. The van der Waals surface area contributed by atoms with Gasteiger partial charge in [-0.15, -0.1) is 0 Å². The van der Waals surface area contributed by atoms with Crippen LogP contribution in [0.3, 0.4) is 0 Å². The summed E-state index contributed by atoms with van der Waals surface area (Å²) >= 11 is -2.20. The Morgan fingerprint density at radius 1 is 0.960 bits per heavy atom. The molecular formula is C37H32N6O6S. The maximum absolute atomic E-state index is 13.4. The quantitative estimate of drug-likeness (QED) is 0.117. The molecule has 252 valence electrons. The number of nitrogens with one attached hydrogen (secondary N) is 3. The van der Waals surface area contributed by atoms with Crippen molar-refractivity contribution in [3.05, 3.63) is 125 Å². The number of ether oxygens (including phenoxy) is 2. The van der Waals surface area contributed by atoms with Crippen LogP contribution in [0.5, 0.6) is 17.4 Å². The third-order valence-electron chi connectivity index (χ3n) is 7.66. The zero-order valence-corrected chi connectivity index (χ0v) is 28.1. The van der Waals surface area contributed by atoms with Gasteiger partial charge in [0.15, 0.2) is 17.6 Å². The van der Waals surface area contributed by atoms with Gasteiger partial charge in [-0.05, 0) is 68.3 Å². The fourth-order valence-corrected chi connectivity index (χ4v) is 5.92. The second kappa shape index (κ2) is 14.8. The summed E-state index contributed by atoms with van der Waals surface area (Å²) < 4.78 is 34.9. The van der Waals surface area contributed by atoms with Gasteiger partial charge in [0.05, 0.1) is 5.56 Å². The number of fused-ring (bicyclic) bond motifs is 1. The third-order valence-corrected chi connectivity index (χ3v) is 8.38. The van der Waals surface area contributed by atoms with E-state index in [9.17, 15) is 19.1 Å². The number of anilines is 2. The first-order valence-corrected chi connectivity index (χ1v) is 16.7. The van der Waals surface area contributed by atoms with E-state index in [2.05, 4.69) is 20.2 Å². The van der Waals surface area contributed by atoms with E-state index in [1.807, 2.05) is 45.0 Å². The van der Waals surface area contributed by atoms with Crippen molar-refractivity contribution in [1.29, 1.82) is 5.26 Å². The molecule has 0 aliphatic carbocycles. The molecule has 0 spiro atoms. The fourth-order valence-electron chi connectivity index (χ4n) is 5.25. The molecule has 0 aliphatic heterocycles. The Balaban J connectivity index is 1.35. The van der Waals surface area contributed by atoms with E-state index in [4.69, 9.17) is 13.7 Å². The zero-order chi connectivity index (χ0) is 35.2. The van der Waals surface area contributed by atoms with Gasteiger partial charge < -0.3 is 19.0 Å². The number of para-hydroxylation sites is 1. The van der Waals surface area contributed by atoms with Crippen molar-refractivity contribution in [1.82, 2.24) is 14.6 Å². The van der Waals surface area contributed by atoms with E-state index in [1.165, 1.54) is 4.40 Å². The summed E-state index contributed by atoms with van der Waals surface area (Å²) in [6.45, 7) is 5.78. The highest BCUT2D eigenvalue weighted by Crippen LogP contribution is 2.40. The fraction of sp³-hybridized carbons (Fsp3) is 0.135. The molecule has 4 aromatic carbocycles. The Bertz CT molecular complexity index is 2240. The molecule has 2 aromatic heterocycles. The van der Waals surface area contributed by atoms with Gasteiger partial charge in [-0.2, -0.15) is 14.6 Å². The summed E-state index contributed by atoms with van der Waals surface area (Å²) in [5.74, 6) is -0.706. The molecule has 0 aliphatic rings. The van der Waals surface area contributed by atoms with Gasteiger partial charge in [-0.1, -0.05) is 73.2 Å². The first-order valence-electron chi connectivity index (χ1n) is 15.6. The number of carbonyl (C=O) groups is 2. The van der Waals surface area contributed by atoms with Crippen molar-refractivity contribution in [3.63, 3.8) is 0 Å². The van der Waals surface area contributed by atoms with Gasteiger partial charge in [0.1, 0.15) is 17.4 Å². The molecule has 2 atom stereocenters. The van der Waals surface area contributed by atoms with Crippen LogP contribution in [-0.2, 0) is 16.1 Å². The number of benzene rings is 4. The molecule has 12 nitrogen and oxygen atoms in total. The molecule has 50 heavy (non-hydrogen) atoms. The molecule has 3 N–H and O–H groups in total. The van der Waals surface area contributed by atoms with E-state index >= 15 is 0 Å². The van der Waals surface area contributed by atoms with Crippen LogP contribution < -0.4 is 23.7 Å². The Morgan fingerprint density at radius 2 is 1.68 bits per heavy atom. The van der Waals surface area contributed by atoms with Crippen LogP contribution in [-0.4, -0.2) is 36.8 Å². The van der Waals surface area contributed by atoms with Gasteiger partial charge in [-0.25, -0.2) is 9.20 Å². The third kappa shape index (κ3) is 7.20. The minimum atomic E-state index is -2.20. The number of nitriles is 1. The number of aromatic nitrogens is 3. The van der Waals surface area contributed by atoms with E-state index in [1.54, 1.807) is 84.9 Å². The number of nitrogens with zero attached hydrogens (tertiary/aromatic N) is 3. The van der Waals surface area contributed by atoms with Gasteiger partial charge >= 0.3 is 17.2 Å². The van der Waals surface area contributed by atoms with Gasteiger partial charge in [0.25, 0.3) is 11.8 Å². The van der Waals surface area contributed by atoms with Crippen LogP contribution in [0.25, 0.3) is 17.0 Å². The van der Waals surface area contributed by atoms with E-state index in [0.29, 0.717) is 29.1 Å². The summed E-state index contributed by atoms with van der Waals surface area (Å²) in [6, 6.07) is 31.6. The molecule has 2 unspecified atom stereocenters. The average molecular weight is 689 g/mol. The first kappa shape index (κ1) is 33.5. The monoisotopic (exact) mass is 688 g/mol. The van der Waals surface area contributed by atoms with Crippen molar-refractivity contribution in [2.24, 2.45) is 0 Å². The minimum absolute atomic E-state index is 0.0957. The predicted molar refractivity (Wildman–Crippen MR) is 189 cm³/mol. The van der Waals surface area contributed by atoms with Crippen molar-refractivity contribution < 1.29 is 27.5 Å². The number of amides is 1. The molecule has 0 bridgehead atoms. The van der Waals surface area contributed by atoms with Crippen LogP contribution in [0.4, 0.5) is 11.4 Å². The number of rotatable bonds is 12. The molecular weight excluding hydrogens is 657 g/mol. The number of hydrogen-bond acceptors (Lipinski definition) is 8. The maximum Gasteiger partial charge on any atom is 0.344 e. The lowest BCUT2D eigenvalue weighted by Crippen LogP contribution is -2.32. The highest BCUT2D eigenvalue weighted by atomic mass is 32.2. The van der Waals surface area contributed by atoms with Crippen LogP contribution in [0, 0.1) is 25.2 Å². The minimum Gasteiger partial charge on any atom is -0.480 e. The highest BCUT2D eigenvalue weighted by Gasteiger charge is 2.30. The van der Waals surface area contributed by atoms with Crippen LogP contribution in [0.15, 0.2) is 103 Å². The van der Waals surface area contributed by atoms with E-state index in [0.717, 1.165) is 11.1 Å². The average Bonchev–Trinajstić information content (AvgIpc) is 3.67. The Labute approximate surface area is 290 Å². The van der Waals surface area contributed by atoms with Gasteiger partial charge in [-0.3, -0.25) is 14.6 Å². The molecule has 0 fully saturated rings. The SMILES string of the molecule is CCC(Oc1ccc(C)cc1C)C(=O)Nc1cccc(-c2n[nH]c3c(C#N)c(OS(=O)Nc4ccccc4)c(OC(=O)c4ccccc4)n23)c1. The Kier molecular flexibility index (Phi) is 9.92. The molecule has 0 saturated carbocycles. The summed E-state index contributed by atoms with van der Waals surface area (Å²) in [5, 5.41) is 20.4. The number of carbonyl (C=O) groups excluding carboxylic acids is 2. The normalized spacial score (nSPS) is 12.0. The van der Waals surface area contributed by atoms with E-state index < -0.39 is 23.3 Å². The maximum atomic E-state index is 13.4. The first-order chi connectivity index (χ1) is 24.2. The second-order valence-electron chi connectivity index (χ2n) is 11.2. The van der Waals surface area contributed by atoms with Crippen molar-refractivity contribution in [3.8, 4) is 34.8 Å².